The number of rotatable bonds is 5. The molecule has 0 radical (unpaired) electrons. The molecule has 3 amide bonds. The maximum atomic E-state index is 13.2. The zero-order valence-electron chi connectivity index (χ0n) is 20.1. The molecule has 0 unspecified atom stereocenters. The molecule has 37 heavy (non-hydrogen) atoms. The molecule has 0 aliphatic carbocycles. The Kier molecular flexibility index (Phi) is 6.19. The van der Waals surface area contributed by atoms with Gasteiger partial charge in [0.25, 0.3) is 5.91 Å². The Hall–Kier alpha value is -3.67. The number of carbonyl (C=O) groups excluding carboxylic acids is 2. The average molecular weight is 534 g/mol. The maximum Gasteiger partial charge on any atom is 0.319 e. The van der Waals surface area contributed by atoms with Crippen molar-refractivity contribution in [3.05, 3.63) is 64.0 Å². The molecular formula is C26H27N7O2S2. The van der Waals surface area contributed by atoms with E-state index in [1.165, 1.54) is 17.0 Å². The van der Waals surface area contributed by atoms with Crippen molar-refractivity contribution in [3.63, 3.8) is 0 Å². The number of nitrogen functional groups attached to an aromatic ring is 1. The van der Waals surface area contributed by atoms with Crippen LogP contribution in [0.5, 0.6) is 0 Å². The molecule has 1 aromatic carbocycles. The summed E-state index contributed by atoms with van der Waals surface area (Å²) in [6.07, 6.45) is 0. The minimum atomic E-state index is -0.552. The molecule has 5 heterocycles. The highest BCUT2D eigenvalue weighted by atomic mass is 32.1. The first-order chi connectivity index (χ1) is 18.0. The fourth-order valence-corrected chi connectivity index (χ4v) is 6.86. The molecule has 2 aliphatic rings. The number of hydrogen-bond acceptors (Lipinski definition) is 8. The van der Waals surface area contributed by atoms with E-state index in [4.69, 9.17) is 16.5 Å². The van der Waals surface area contributed by atoms with Gasteiger partial charge in [-0.05, 0) is 23.6 Å². The van der Waals surface area contributed by atoms with Crippen molar-refractivity contribution in [1.29, 1.82) is 0 Å². The lowest BCUT2D eigenvalue weighted by atomic mass is 10.0. The van der Waals surface area contributed by atoms with Gasteiger partial charge in [0.1, 0.15) is 9.71 Å². The molecule has 190 valence electrons. The van der Waals surface area contributed by atoms with Crippen LogP contribution in [0.25, 0.3) is 20.7 Å². The Morgan fingerprint density at radius 1 is 1.03 bits per heavy atom. The molecular weight excluding hydrogens is 506 g/mol. The van der Waals surface area contributed by atoms with Crippen molar-refractivity contribution < 1.29 is 9.59 Å². The first-order valence-corrected chi connectivity index (χ1v) is 13.8. The van der Waals surface area contributed by atoms with E-state index in [1.54, 1.807) is 16.2 Å². The number of anilines is 2. The Morgan fingerprint density at radius 2 is 1.81 bits per heavy atom. The Balaban J connectivity index is 1.16. The van der Waals surface area contributed by atoms with Crippen LogP contribution >= 0.6 is 22.7 Å². The van der Waals surface area contributed by atoms with Crippen LogP contribution in [0.2, 0.25) is 0 Å². The van der Waals surface area contributed by atoms with E-state index in [9.17, 15) is 9.59 Å². The lowest BCUT2D eigenvalue weighted by Crippen LogP contribution is -2.51. The molecule has 0 spiro atoms. The summed E-state index contributed by atoms with van der Waals surface area (Å²) in [7, 11) is 0. The summed E-state index contributed by atoms with van der Waals surface area (Å²) < 4.78 is 0. The van der Waals surface area contributed by atoms with Crippen LogP contribution in [0.4, 0.5) is 16.2 Å². The van der Waals surface area contributed by atoms with Gasteiger partial charge in [-0.3, -0.25) is 9.69 Å². The number of nitrogens with one attached hydrogen (secondary N) is 1. The first-order valence-electron chi connectivity index (χ1n) is 12.1. The second-order valence-corrected chi connectivity index (χ2v) is 11.2. The van der Waals surface area contributed by atoms with Gasteiger partial charge in [0, 0.05) is 53.3 Å². The molecule has 5 N–H and O–H groups in total. The zero-order chi connectivity index (χ0) is 25.5. The molecule has 6 rings (SSSR count). The summed E-state index contributed by atoms with van der Waals surface area (Å²) in [5.74, 6) is -0.552. The standard InChI is InChI=1S/C26H27N7O2S2/c27-22-21-20(19-7-4-12-36-19)17-13-33(14-18(17)30-25(21)37-23(22)24(28)34)26(35)29-15-31-8-10-32(11-9-31)16-5-2-1-3-6-16/h1-7,12H,8-11,13-15,27H2,(H2,28,34)(H,29,35). The highest BCUT2D eigenvalue weighted by Crippen LogP contribution is 2.45. The number of thiophene rings is 2. The van der Waals surface area contributed by atoms with E-state index in [-0.39, 0.29) is 6.03 Å². The SMILES string of the molecule is NC(=O)c1sc2nc3c(c(-c4cccs4)c2c1N)CN(C(=O)NCN1CCN(c2ccccc2)CC1)C3. The number of para-hydroxylation sites is 1. The van der Waals surface area contributed by atoms with Crippen LogP contribution in [-0.4, -0.2) is 59.6 Å². The van der Waals surface area contributed by atoms with Gasteiger partial charge >= 0.3 is 6.03 Å². The fourth-order valence-electron chi connectivity index (χ4n) is 5.08. The van der Waals surface area contributed by atoms with Crippen LogP contribution in [0.1, 0.15) is 20.9 Å². The van der Waals surface area contributed by atoms with Crippen molar-refractivity contribution in [3.8, 4) is 10.4 Å². The monoisotopic (exact) mass is 533 g/mol. The summed E-state index contributed by atoms with van der Waals surface area (Å²) in [6, 6.07) is 14.3. The van der Waals surface area contributed by atoms with Gasteiger partial charge in [0.2, 0.25) is 0 Å². The van der Waals surface area contributed by atoms with Gasteiger partial charge in [-0.2, -0.15) is 0 Å². The Labute approximate surface area is 222 Å². The van der Waals surface area contributed by atoms with E-state index in [2.05, 4.69) is 39.4 Å². The number of pyridine rings is 1. The van der Waals surface area contributed by atoms with Crippen LogP contribution in [0.3, 0.4) is 0 Å². The van der Waals surface area contributed by atoms with E-state index in [0.717, 1.165) is 53.3 Å². The quantitative estimate of drug-likeness (QED) is 0.361. The highest BCUT2D eigenvalue weighted by molar-refractivity contribution is 7.21. The van der Waals surface area contributed by atoms with Crippen molar-refractivity contribution in [2.45, 2.75) is 13.1 Å². The predicted octanol–water partition coefficient (Wildman–Crippen LogP) is 3.51. The number of carbonyl (C=O) groups is 2. The van der Waals surface area contributed by atoms with Crippen molar-refractivity contribution in [2.75, 3.05) is 43.5 Å². The highest BCUT2D eigenvalue weighted by Gasteiger charge is 2.32. The molecule has 3 aromatic heterocycles. The zero-order valence-corrected chi connectivity index (χ0v) is 21.8. The van der Waals surface area contributed by atoms with Crippen LogP contribution in [0.15, 0.2) is 47.8 Å². The smallest absolute Gasteiger partial charge is 0.319 e. The van der Waals surface area contributed by atoms with Crippen LogP contribution < -0.4 is 21.7 Å². The third-order valence-electron chi connectivity index (χ3n) is 6.98. The second kappa shape index (κ2) is 9.66. The van der Waals surface area contributed by atoms with Gasteiger partial charge < -0.3 is 26.6 Å². The molecule has 1 fully saturated rings. The van der Waals surface area contributed by atoms with Gasteiger partial charge in [0.15, 0.2) is 0 Å². The van der Waals surface area contributed by atoms with E-state index in [0.29, 0.717) is 35.2 Å². The molecule has 0 bridgehead atoms. The fraction of sp³-hybridized carbons (Fsp3) is 0.269. The number of amides is 3. The van der Waals surface area contributed by atoms with Crippen molar-refractivity contribution >= 4 is 56.2 Å². The molecule has 4 aromatic rings. The Bertz CT molecular complexity index is 1460. The van der Waals surface area contributed by atoms with Crippen LogP contribution in [0, 0.1) is 0 Å². The summed E-state index contributed by atoms with van der Waals surface area (Å²) in [6.45, 7) is 4.96. The minimum absolute atomic E-state index is 0.116. The number of hydrogen-bond donors (Lipinski definition) is 3. The van der Waals surface area contributed by atoms with Crippen molar-refractivity contribution in [1.82, 2.24) is 20.1 Å². The van der Waals surface area contributed by atoms with E-state index < -0.39 is 5.91 Å². The molecule has 2 aliphatic heterocycles. The summed E-state index contributed by atoms with van der Waals surface area (Å²) in [5.41, 5.74) is 16.3. The normalized spacial score (nSPS) is 15.8. The largest absolute Gasteiger partial charge is 0.397 e. The minimum Gasteiger partial charge on any atom is -0.397 e. The third-order valence-corrected chi connectivity index (χ3v) is 8.98. The number of fused-ring (bicyclic) bond motifs is 2. The summed E-state index contributed by atoms with van der Waals surface area (Å²) in [4.78, 5) is 38.3. The number of primary amides is 1. The molecule has 0 atom stereocenters. The van der Waals surface area contributed by atoms with Crippen molar-refractivity contribution in [2.24, 2.45) is 5.73 Å². The second-order valence-electron chi connectivity index (χ2n) is 9.22. The molecule has 9 nitrogen and oxygen atoms in total. The molecule has 0 saturated carbocycles. The maximum absolute atomic E-state index is 13.2. The molecule has 11 heteroatoms. The van der Waals surface area contributed by atoms with Gasteiger partial charge in [-0.25, -0.2) is 9.78 Å². The van der Waals surface area contributed by atoms with Gasteiger partial charge in [-0.15, -0.1) is 22.7 Å². The number of urea groups is 1. The number of nitrogens with two attached hydrogens (primary N) is 2. The molecule has 1 saturated heterocycles. The number of nitrogens with zero attached hydrogens (tertiary/aromatic N) is 4. The number of benzene rings is 1. The Morgan fingerprint density at radius 3 is 2.51 bits per heavy atom. The predicted molar refractivity (Wildman–Crippen MR) is 149 cm³/mol. The number of piperazine rings is 1. The lowest BCUT2D eigenvalue weighted by molar-refractivity contribution is 0.100. The first kappa shape index (κ1) is 23.7. The summed E-state index contributed by atoms with van der Waals surface area (Å²) >= 11 is 2.81. The average Bonchev–Trinajstić information content (AvgIpc) is 3.66. The third kappa shape index (κ3) is 4.39. The van der Waals surface area contributed by atoms with E-state index >= 15 is 0 Å². The summed E-state index contributed by atoms with van der Waals surface area (Å²) in [5, 5.41) is 5.85. The number of aromatic nitrogens is 1. The lowest BCUT2D eigenvalue weighted by Gasteiger charge is -2.36. The van der Waals surface area contributed by atoms with E-state index in [1.807, 2.05) is 23.6 Å². The van der Waals surface area contributed by atoms with Gasteiger partial charge in [-0.1, -0.05) is 24.3 Å². The van der Waals surface area contributed by atoms with Gasteiger partial charge in [0.05, 0.1) is 31.1 Å². The topological polar surface area (TPSA) is 121 Å². The van der Waals surface area contributed by atoms with Crippen LogP contribution in [-0.2, 0) is 13.1 Å².